The summed E-state index contributed by atoms with van der Waals surface area (Å²) in [5.41, 5.74) is 3.21. The Hall–Kier alpha value is -1.50. The van der Waals surface area contributed by atoms with E-state index in [1.807, 2.05) is 6.92 Å². The van der Waals surface area contributed by atoms with Crippen molar-refractivity contribution in [2.45, 2.75) is 6.92 Å². The average molecular weight is 303 g/mol. The van der Waals surface area contributed by atoms with Gasteiger partial charge >= 0.3 is 0 Å². The number of hydrogen-bond acceptors (Lipinski definition) is 5. The topological polar surface area (TPSA) is 30.2 Å². The van der Waals surface area contributed by atoms with Crippen LogP contribution in [0.2, 0.25) is 0 Å². The number of imidazole rings is 1. The molecule has 0 radical (unpaired) electrons. The molecule has 0 amide bonds. The van der Waals surface area contributed by atoms with Gasteiger partial charge in [0.15, 0.2) is 4.96 Å². The SMILES string of the molecule is Cc1nc2sccn2c1-c1nc(-c2cccs2)cs1. The van der Waals surface area contributed by atoms with E-state index in [4.69, 9.17) is 4.98 Å². The summed E-state index contributed by atoms with van der Waals surface area (Å²) in [6, 6.07) is 4.16. The van der Waals surface area contributed by atoms with Crippen molar-refractivity contribution >= 4 is 39.0 Å². The summed E-state index contributed by atoms with van der Waals surface area (Å²) < 4.78 is 2.12. The lowest BCUT2D eigenvalue weighted by Crippen LogP contribution is -1.85. The first-order valence-corrected chi connectivity index (χ1v) is 8.39. The number of aryl methyl sites for hydroxylation is 1. The Labute approximate surface area is 121 Å². The van der Waals surface area contributed by atoms with Crippen LogP contribution in [0.4, 0.5) is 0 Å². The maximum Gasteiger partial charge on any atom is 0.194 e. The number of rotatable bonds is 2. The van der Waals surface area contributed by atoms with E-state index >= 15 is 0 Å². The molecule has 0 fully saturated rings. The van der Waals surface area contributed by atoms with Gasteiger partial charge < -0.3 is 0 Å². The molecule has 0 saturated heterocycles. The van der Waals surface area contributed by atoms with Crippen molar-refractivity contribution in [3.05, 3.63) is 40.2 Å². The number of thiophene rings is 1. The zero-order valence-electron chi connectivity index (χ0n) is 10.0. The van der Waals surface area contributed by atoms with Gasteiger partial charge in [0.2, 0.25) is 0 Å². The van der Waals surface area contributed by atoms with Crippen LogP contribution in [0.3, 0.4) is 0 Å². The van der Waals surface area contributed by atoms with Gasteiger partial charge in [0, 0.05) is 17.0 Å². The summed E-state index contributed by atoms with van der Waals surface area (Å²) in [6.07, 6.45) is 2.06. The molecule has 4 rings (SSSR count). The maximum absolute atomic E-state index is 4.76. The van der Waals surface area contributed by atoms with E-state index < -0.39 is 0 Å². The molecule has 0 N–H and O–H groups in total. The Bertz CT molecular complexity index is 836. The molecule has 0 aliphatic rings. The molecule has 0 atom stereocenters. The van der Waals surface area contributed by atoms with Crippen LogP contribution >= 0.6 is 34.0 Å². The van der Waals surface area contributed by atoms with Gasteiger partial charge in [0.05, 0.1) is 16.3 Å². The standard InChI is InChI=1S/C13H9N3S3/c1-8-11(16-4-6-18-13(16)14-8)12-15-9(7-19-12)10-3-2-5-17-10/h2-7H,1H3. The zero-order chi connectivity index (χ0) is 12.8. The van der Waals surface area contributed by atoms with Crippen molar-refractivity contribution in [3.63, 3.8) is 0 Å². The van der Waals surface area contributed by atoms with Crippen molar-refractivity contribution in [3.8, 4) is 21.3 Å². The minimum atomic E-state index is 1.03. The van der Waals surface area contributed by atoms with Gasteiger partial charge in [-0.1, -0.05) is 6.07 Å². The molecule has 0 bridgehead atoms. The second-order valence-electron chi connectivity index (χ2n) is 4.12. The first-order valence-electron chi connectivity index (χ1n) is 5.75. The lowest BCUT2D eigenvalue weighted by atomic mass is 10.3. The van der Waals surface area contributed by atoms with Crippen molar-refractivity contribution in [1.82, 2.24) is 14.4 Å². The Morgan fingerprint density at radius 1 is 1.11 bits per heavy atom. The van der Waals surface area contributed by atoms with Crippen LogP contribution in [-0.4, -0.2) is 14.4 Å². The molecule has 4 aromatic rings. The van der Waals surface area contributed by atoms with E-state index in [0.717, 1.165) is 27.1 Å². The molecule has 0 aliphatic carbocycles. The Morgan fingerprint density at radius 3 is 2.89 bits per heavy atom. The predicted molar refractivity (Wildman–Crippen MR) is 82.2 cm³/mol. The highest BCUT2D eigenvalue weighted by Gasteiger charge is 2.15. The predicted octanol–water partition coefficient (Wildman–Crippen LogP) is 4.56. The van der Waals surface area contributed by atoms with Gasteiger partial charge in [-0.25, -0.2) is 9.97 Å². The van der Waals surface area contributed by atoms with E-state index in [0.29, 0.717) is 0 Å². The summed E-state index contributed by atoms with van der Waals surface area (Å²) in [7, 11) is 0. The van der Waals surface area contributed by atoms with Crippen LogP contribution in [0.15, 0.2) is 34.5 Å². The molecule has 0 spiro atoms. The van der Waals surface area contributed by atoms with Crippen molar-refractivity contribution in [2.24, 2.45) is 0 Å². The summed E-state index contributed by atoms with van der Waals surface area (Å²) in [5.74, 6) is 0. The molecule has 3 nitrogen and oxygen atoms in total. The minimum absolute atomic E-state index is 1.03. The monoisotopic (exact) mass is 303 g/mol. The minimum Gasteiger partial charge on any atom is -0.288 e. The molecule has 0 saturated carbocycles. The molecule has 94 valence electrons. The summed E-state index contributed by atoms with van der Waals surface area (Å²) in [5, 5.41) is 7.29. The number of aromatic nitrogens is 3. The number of nitrogens with zero attached hydrogens (tertiary/aromatic N) is 3. The first-order chi connectivity index (χ1) is 9.33. The van der Waals surface area contributed by atoms with E-state index in [9.17, 15) is 0 Å². The van der Waals surface area contributed by atoms with Gasteiger partial charge in [-0.2, -0.15) is 0 Å². The largest absolute Gasteiger partial charge is 0.288 e. The van der Waals surface area contributed by atoms with Crippen LogP contribution in [0.1, 0.15) is 5.69 Å². The Balaban J connectivity index is 1.89. The van der Waals surface area contributed by atoms with Crippen LogP contribution in [0.5, 0.6) is 0 Å². The molecule has 0 aliphatic heterocycles. The lowest BCUT2D eigenvalue weighted by Gasteiger charge is -1.95. The molecule has 4 aromatic heterocycles. The molecule has 0 unspecified atom stereocenters. The molecule has 4 heterocycles. The molecule has 6 heteroatoms. The first kappa shape index (κ1) is 11.3. The highest BCUT2D eigenvalue weighted by Crippen LogP contribution is 2.33. The zero-order valence-corrected chi connectivity index (χ0v) is 12.5. The third-order valence-electron chi connectivity index (χ3n) is 2.92. The summed E-state index contributed by atoms with van der Waals surface area (Å²) >= 11 is 5.05. The van der Waals surface area contributed by atoms with Crippen LogP contribution in [0, 0.1) is 6.92 Å². The Kier molecular flexibility index (Phi) is 2.54. The highest BCUT2D eigenvalue weighted by atomic mass is 32.1. The number of hydrogen-bond donors (Lipinski definition) is 0. The van der Waals surface area contributed by atoms with E-state index in [2.05, 4.69) is 43.9 Å². The number of thiazole rings is 2. The quantitative estimate of drug-likeness (QED) is 0.543. The van der Waals surface area contributed by atoms with Crippen LogP contribution in [0.25, 0.3) is 26.2 Å². The average Bonchev–Trinajstić information content (AvgIpc) is 3.11. The van der Waals surface area contributed by atoms with Crippen LogP contribution in [-0.2, 0) is 0 Å². The molecular weight excluding hydrogens is 294 g/mol. The highest BCUT2D eigenvalue weighted by molar-refractivity contribution is 7.16. The van der Waals surface area contributed by atoms with E-state index in [1.165, 1.54) is 4.88 Å². The lowest BCUT2D eigenvalue weighted by molar-refractivity contribution is 1.21. The third kappa shape index (κ3) is 1.75. The van der Waals surface area contributed by atoms with Gasteiger partial charge in [-0.3, -0.25) is 4.40 Å². The second kappa shape index (κ2) is 4.26. The third-order valence-corrected chi connectivity index (χ3v) is 5.41. The van der Waals surface area contributed by atoms with Crippen molar-refractivity contribution in [2.75, 3.05) is 0 Å². The smallest absolute Gasteiger partial charge is 0.194 e. The van der Waals surface area contributed by atoms with Gasteiger partial charge in [0.1, 0.15) is 10.7 Å². The molecular formula is C13H9N3S3. The summed E-state index contributed by atoms with van der Waals surface area (Å²) in [6.45, 7) is 2.04. The number of fused-ring (bicyclic) bond motifs is 1. The van der Waals surface area contributed by atoms with Crippen molar-refractivity contribution in [1.29, 1.82) is 0 Å². The van der Waals surface area contributed by atoms with Gasteiger partial charge in [-0.15, -0.1) is 34.0 Å². The van der Waals surface area contributed by atoms with Crippen LogP contribution < -0.4 is 0 Å². The fraction of sp³-hybridized carbons (Fsp3) is 0.0769. The van der Waals surface area contributed by atoms with E-state index in [1.54, 1.807) is 34.0 Å². The normalized spacial score (nSPS) is 11.4. The summed E-state index contributed by atoms with van der Waals surface area (Å²) in [4.78, 5) is 11.6. The fourth-order valence-electron chi connectivity index (χ4n) is 2.07. The van der Waals surface area contributed by atoms with E-state index in [-0.39, 0.29) is 0 Å². The second-order valence-corrected chi connectivity index (χ2v) is 6.80. The maximum atomic E-state index is 4.76. The van der Waals surface area contributed by atoms with Crippen molar-refractivity contribution < 1.29 is 0 Å². The van der Waals surface area contributed by atoms with Gasteiger partial charge in [0.25, 0.3) is 0 Å². The van der Waals surface area contributed by atoms with Gasteiger partial charge in [-0.05, 0) is 18.4 Å². The fourth-order valence-corrected chi connectivity index (χ4v) is 4.50. The Morgan fingerprint density at radius 2 is 2.05 bits per heavy atom. The molecule has 19 heavy (non-hydrogen) atoms. The molecule has 0 aromatic carbocycles.